The van der Waals surface area contributed by atoms with Crippen molar-refractivity contribution in [3.63, 3.8) is 0 Å². The molecule has 0 N–H and O–H groups in total. The monoisotopic (exact) mass is 488 g/mol. The van der Waals surface area contributed by atoms with Crippen molar-refractivity contribution in [2.45, 2.75) is 13.8 Å². The summed E-state index contributed by atoms with van der Waals surface area (Å²) in [6.07, 6.45) is 0. The highest BCUT2D eigenvalue weighted by Gasteiger charge is 2.15. The number of rotatable bonds is 5. The number of anilines is 1. The number of hydrogen-bond donors (Lipinski definition) is 0. The van der Waals surface area contributed by atoms with Crippen LogP contribution in [0.2, 0.25) is 0 Å². The molecule has 0 bridgehead atoms. The van der Waals surface area contributed by atoms with Crippen molar-refractivity contribution in [1.82, 2.24) is 4.98 Å². The van der Waals surface area contributed by atoms with E-state index in [1.54, 1.807) is 30.3 Å². The SMILES string of the molecule is CCN(CC)c1ccc2cc(-c3cccc(-c4cc5cc6ccccc6cc5oc4=O)n3)c(=O)oc2c1. The van der Waals surface area contributed by atoms with Gasteiger partial charge in [-0.1, -0.05) is 30.3 Å². The Morgan fingerprint density at radius 3 is 1.86 bits per heavy atom. The fourth-order valence-electron chi connectivity index (χ4n) is 4.78. The van der Waals surface area contributed by atoms with E-state index >= 15 is 0 Å². The van der Waals surface area contributed by atoms with Gasteiger partial charge in [0.2, 0.25) is 0 Å². The molecule has 182 valence electrons. The lowest BCUT2D eigenvalue weighted by Crippen LogP contribution is -2.21. The number of hydrogen-bond acceptors (Lipinski definition) is 6. The maximum Gasteiger partial charge on any atom is 0.345 e. The summed E-state index contributed by atoms with van der Waals surface area (Å²) in [6.45, 7) is 5.90. The fraction of sp³-hybridized carbons (Fsp3) is 0.129. The minimum atomic E-state index is -0.484. The zero-order valence-corrected chi connectivity index (χ0v) is 20.5. The van der Waals surface area contributed by atoms with E-state index in [2.05, 4.69) is 23.7 Å². The minimum Gasteiger partial charge on any atom is -0.422 e. The highest BCUT2D eigenvalue weighted by atomic mass is 16.4. The second-order valence-corrected chi connectivity index (χ2v) is 8.93. The van der Waals surface area contributed by atoms with Crippen molar-refractivity contribution >= 4 is 38.4 Å². The molecule has 0 saturated heterocycles. The summed E-state index contributed by atoms with van der Waals surface area (Å²) in [7, 11) is 0. The van der Waals surface area contributed by atoms with Crippen LogP contribution < -0.4 is 16.2 Å². The van der Waals surface area contributed by atoms with Crippen LogP contribution in [0, 0.1) is 0 Å². The van der Waals surface area contributed by atoms with E-state index < -0.39 is 11.3 Å². The van der Waals surface area contributed by atoms with Gasteiger partial charge in [-0.05, 0) is 73.2 Å². The lowest BCUT2D eigenvalue weighted by molar-refractivity contribution is 0.563. The van der Waals surface area contributed by atoms with Gasteiger partial charge in [-0.25, -0.2) is 14.6 Å². The zero-order valence-electron chi connectivity index (χ0n) is 20.5. The van der Waals surface area contributed by atoms with Crippen LogP contribution in [0.25, 0.3) is 55.2 Å². The number of aromatic nitrogens is 1. The summed E-state index contributed by atoms with van der Waals surface area (Å²) >= 11 is 0. The first-order chi connectivity index (χ1) is 18.0. The first-order valence-corrected chi connectivity index (χ1v) is 12.3. The Bertz CT molecular complexity index is 1920. The van der Waals surface area contributed by atoms with Gasteiger partial charge < -0.3 is 13.7 Å². The average Bonchev–Trinajstić information content (AvgIpc) is 2.92. The third kappa shape index (κ3) is 4.06. The largest absolute Gasteiger partial charge is 0.422 e. The number of benzene rings is 3. The Morgan fingerprint density at radius 1 is 0.622 bits per heavy atom. The number of nitrogens with zero attached hydrogens (tertiary/aromatic N) is 2. The molecule has 0 fully saturated rings. The number of fused-ring (bicyclic) bond motifs is 3. The quantitative estimate of drug-likeness (QED) is 0.200. The van der Waals surface area contributed by atoms with Crippen molar-refractivity contribution in [3.05, 3.63) is 106 Å². The maximum atomic E-state index is 13.0. The van der Waals surface area contributed by atoms with Crippen LogP contribution in [0.3, 0.4) is 0 Å². The van der Waals surface area contributed by atoms with Crippen molar-refractivity contribution < 1.29 is 8.83 Å². The Kier molecular flexibility index (Phi) is 5.57. The fourth-order valence-corrected chi connectivity index (χ4v) is 4.78. The highest BCUT2D eigenvalue weighted by molar-refractivity contribution is 5.96. The lowest BCUT2D eigenvalue weighted by Gasteiger charge is -2.21. The molecule has 3 heterocycles. The maximum absolute atomic E-state index is 13.0. The summed E-state index contributed by atoms with van der Waals surface area (Å²) in [5.41, 5.74) is 2.60. The van der Waals surface area contributed by atoms with Crippen LogP contribution in [-0.4, -0.2) is 18.1 Å². The van der Waals surface area contributed by atoms with Gasteiger partial charge >= 0.3 is 11.3 Å². The van der Waals surface area contributed by atoms with Crippen LogP contribution in [-0.2, 0) is 0 Å². The lowest BCUT2D eigenvalue weighted by atomic mass is 10.0. The molecule has 3 aromatic carbocycles. The van der Waals surface area contributed by atoms with Gasteiger partial charge in [-0.3, -0.25) is 0 Å². The smallest absolute Gasteiger partial charge is 0.345 e. The summed E-state index contributed by atoms with van der Waals surface area (Å²) in [4.78, 5) is 32.7. The molecular formula is C31H24N2O4. The van der Waals surface area contributed by atoms with Gasteiger partial charge in [-0.2, -0.15) is 0 Å². The molecule has 0 aliphatic rings. The molecule has 6 aromatic rings. The Labute approximate surface area is 212 Å². The minimum absolute atomic E-state index is 0.332. The second kappa shape index (κ2) is 9.06. The summed E-state index contributed by atoms with van der Waals surface area (Å²) < 4.78 is 11.3. The van der Waals surface area contributed by atoms with E-state index in [0.717, 1.165) is 40.3 Å². The molecule has 6 rings (SSSR count). The Morgan fingerprint density at radius 2 is 1.22 bits per heavy atom. The van der Waals surface area contributed by atoms with Gasteiger partial charge in [0.15, 0.2) is 0 Å². The van der Waals surface area contributed by atoms with E-state index in [9.17, 15) is 9.59 Å². The van der Waals surface area contributed by atoms with E-state index in [4.69, 9.17) is 8.83 Å². The van der Waals surface area contributed by atoms with Crippen molar-refractivity contribution in [2.75, 3.05) is 18.0 Å². The van der Waals surface area contributed by atoms with E-state index in [1.807, 2.05) is 54.6 Å². The second-order valence-electron chi connectivity index (χ2n) is 8.93. The summed E-state index contributed by atoms with van der Waals surface area (Å²) in [6, 6.07) is 26.5. The molecule has 6 nitrogen and oxygen atoms in total. The van der Waals surface area contributed by atoms with Gasteiger partial charge in [-0.15, -0.1) is 0 Å². The summed E-state index contributed by atoms with van der Waals surface area (Å²) in [5, 5.41) is 3.65. The molecule has 0 unspecified atom stereocenters. The van der Waals surface area contributed by atoms with Crippen LogP contribution in [0.1, 0.15) is 13.8 Å². The van der Waals surface area contributed by atoms with Gasteiger partial charge in [0.05, 0.1) is 22.5 Å². The topological polar surface area (TPSA) is 76.6 Å². The Balaban J connectivity index is 1.44. The first-order valence-electron chi connectivity index (χ1n) is 12.3. The zero-order chi connectivity index (χ0) is 25.5. The normalized spacial score (nSPS) is 11.4. The van der Waals surface area contributed by atoms with Crippen molar-refractivity contribution in [1.29, 1.82) is 0 Å². The van der Waals surface area contributed by atoms with E-state index in [1.165, 1.54) is 0 Å². The third-order valence-corrected chi connectivity index (χ3v) is 6.75. The standard InChI is InChI=1S/C31H24N2O4/c1-3-33(4-2)23-13-12-21-15-24(30(34)37-29(21)18-23)26-10-7-11-27(32-26)25-16-22-14-19-8-5-6-9-20(19)17-28(22)36-31(25)35/h5-18H,3-4H2,1-2H3. The molecule has 3 aromatic heterocycles. The molecule has 0 atom stereocenters. The number of pyridine rings is 1. The van der Waals surface area contributed by atoms with Gasteiger partial charge in [0.1, 0.15) is 11.2 Å². The van der Waals surface area contributed by atoms with E-state index in [-0.39, 0.29) is 0 Å². The van der Waals surface area contributed by atoms with Gasteiger partial charge in [0.25, 0.3) is 0 Å². The predicted molar refractivity (Wildman–Crippen MR) is 148 cm³/mol. The average molecular weight is 489 g/mol. The Hall–Kier alpha value is -4.71. The third-order valence-electron chi connectivity index (χ3n) is 6.75. The predicted octanol–water partition coefficient (Wildman–Crippen LogP) is 6.63. The molecule has 6 heteroatoms. The van der Waals surface area contributed by atoms with Crippen LogP contribution in [0.5, 0.6) is 0 Å². The molecule has 0 radical (unpaired) electrons. The highest BCUT2D eigenvalue weighted by Crippen LogP contribution is 2.28. The van der Waals surface area contributed by atoms with Gasteiger partial charge in [0, 0.05) is 35.6 Å². The molecule has 0 aliphatic carbocycles. The van der Waals surface area contributed by atoms with Crippen LogP contribution >= 0.6 is 0 Å². The molecular weight excluding hydrogens is 464 g/mol. The van der Waals surface area contributed by atoms with Crippen molar-refractivity contribution in [2.24, 2.45) is 0 Å². The molecule has 0 spiro atoms. The molecule has 37 heavy (non-hydrogen) atoms. The van der Waals surface area contributed by atoms with E-state index in [0.29, 0.717) is 33.7 Å². The summed E-state index contributed by atoms with van der Waals surface area (Å²) in [5.74, 6) is 0. The first kappa shape index (κ1) is 22.7. The van der Waals surface area contributed by atoms with Crippen LogP contribution in [0.15, 0.2) is 103 Å². The molecule has 0 aliphatic heterocycles. The van der Waals surface area contributed by atoms with Crippen LogP contribution in [0.4, 0.5) is 5.69 Å². The molecule has 0 saturated carbocycles. The molecule has 0 amide bonds. The van der Waals surface area contributed by atoms with Crippen molar-refractivity contribution in [3.8, 4) is 22.5 Å².